The molecule has 3 heterocycles. The smallest absolute Gasteiger partial charge is 0.317 e. The van der Waals surface area contributed by atoms with Gasteiger partial charge in [-0.3, -0.25) is 4.79 Å². The van der Waals surface area contributed by atoms with Crippen LogP contribution in [0.5, 0.6) is 0 Å². The molecule has 0 bridgehead atoms. The first-order valence-corrected chi connectivity index (χ1v) is 8.69. The summed E-state index contributed by atoms with van der Waals surface area (Å²) in [4.78, 5) is 26.8. The number of amides is 3. The number of rotatable bonds is 5. The molecular formula is C17H19N3O3S. The minimum absolute atomic E-state index is 0.108. The van der Waals surface area contributed by atoms with Crippen molar-refractivity contribution < 1.29 is 14.0 Å². The van der Waals surface area contributed by atoms with Gasteiger partial charge in [0.15, 0.2) is 5.76 Å². The fraction of sp³-hybridized carbons (Fsp3) is 0.294. The fourth-order valence-corrected chi connectivity index (χ4v) is 3.29. The zero-order valence-electron chi connectivity index (χ0n) is 13.2. The van der Waals surface area contributed by atoms with Gasteiger partial charge in [0.25, 0.3) is 5.91 Å². The highest BCUT2D eigenvalue weighted by atomic mass is 32.1. The lowest BCUT2D eigenvalue weighted by Gasteiger charge is -2.26. The maximum atomic E-state index is 12.1. The molecule has 0 aromatic carbocycles. The number of furan rings is 1. The average Bonchev–Trinajstić information content (AvgIpc) is 3.32. The summed E-state index contributed by atoms with van der Waals surface area (Å²) in [5, 5.41) is 7.57. The van der Waals surface area contributed by atoms with E-state index in [4.69, 9.17) is 4.42 Å². The summed E-state index contributed by atoms with van der Waals surface area (Å²) in [6, 6.07) is 7.29. The first kappa shape index (κ1) is 16.3. The first-order chi connectivity index (χ1) is 11.7. The van der Waals surface area contributed by atoms with E-state index in [-0.39, 0.29) is 17.7 Å². The third kappa shape index (κ3) is 4.05. The molecule has 126 valence electrons. The van der Waals surface area contributed by atoms with Crippen molar-refractivity contribution >= 4 is 28.8 Å². The number of carbonyl (C=O) groups excluding carboxylic acids is 2. The van der Waals surface area contributed by atoms with Crippen LogP contribution < -0.4 is 10.6 Å². The molecule has 0 fully saturated rings. The normalized spacial score (nSPS) is 14.2. The Labute approximate surface area is 144 Å². The van der Waals surface area contributed by atoms with Crippen LogP contribution in [0.25, 0.3) is 5.57 Å². The van der Waals surface area contributed by atoms with Crippen molar-refractivity contribution in [2.45, 2.75) is 6.42 Å². The minimum Gasteiger partial charge on any atom is -0.459 e. The summed E-state index contributed by atoms with van der Waals surface area (Å²) in [5.74, 6) is -0.0145. The highest BCUT2D eigenvalue weighted by Crippen LogP contribution is 2.25. The van der Waals surface area contributed by atoms with E-state index in [0.717, 1.165) is 6.42 Å². The lowest BCUT2D eigenvalue weighted by molar-refractivity contribution is 0.0926. The van der Waals surface area contributed by atoms with Gasteiger partial charge in [-0.25, -0.2) is 4.79 Å². The Balaban J connectivity index is 1.38. The van der Waals surface area contributed by atoms with Crippen molar-refractivity contribution in [1.82, 2.24) is 15.5 Å². The Morgan fingerprint density at radius 3 is 2.75 bits per heavy atom. The third-order valence-electron chi connectivity index (χ3n) is 3.77. The Morgan fingerprint density at radius 2 is 2.08 bits per heavy atom. The number of hydrogen-bond donors (Lipinski definition) is 2. The molecule has 2 N–H and O–H groups in total. The molecule has 3 rings (SSSR count). The van der Waals surface area contributed by atoms with Gasteiger partial charge in [-0.2, -0.15) is 0 Å². The molecular weight excluding hydrogens is 326 g/mol. The van der Waals surface area contributed by atoms with Gasteiger partial charge in [0.05, 0.1) is 6.26 Å². The SMILES string of the molecule is O=C(NCCNC(=O)N1CC=C(c2cccs2)CC1)c1ccco1. The highest BCUT2D eigenvalue weighted by molar-refractivity contribution is 7.11. The predicted molar refractivity (Wildman–Crippen MR) is 92.9 cm³/mol. The monoisotopic (exact) mass is 345 g/mol. The van der Waals surface area contributed by atoms with Gasteiger partial charge < -0.3 is 20.0 Å². The second-order valence-corrected chi connectivity index (χ2v) is 6.32. The van der Waals surface area contributed by atoms with Gasteiger partial charge in [-0.15, -0.1) is 11.3 Å². The standard InChI is InChI=1S/C17H19N3O3S/c21-16(14-3-1-11-23-14)18-7-8-19-17(22)20-9-5-13(6-10-20)15-4-2-12-24-15/h1-5,11-12H,6-10H2,(H,18,21)(H,19,22). The van der Waals surface area contributed by atoms with Crippen molar-refractivity contribution in [2.24, 2.45) is 0 Å². The zero-order valence-corrected chi connectivity index (χ0v) is 14.0. The van der Waals surface area contributed by atoms with Crippen molar-refractivity contribution in [1.29, 1.82) is 0 Å². The van der Waals surface area contributed by atoms with Crippen LogP contribution in [0.1, 0.15) is 21.9 Å². The van der Waals surface area contributed by atoms with Gasteiger partial charge in [-0.1, -0.05) is 12.1 Å². The van der Waals surface area contributed by atoms with Gasteiger partial charge in [-0.05, 0) is 35.6 Å². The van der Waals surface area contributed by atoms with Crippen molar-refractivity contribution in [3.63, 3.8) is 0 Å². The molecule has 0 aliphatic carbocycles. The topological polar surface area (TPSA) is 74.6 Å². The number of thiophene rings is 1. The molecule has 1 aliphatic rings. The molecule has 1 aliphatic heterocycles. The van der Waals surface area contributed by atoms with E-state index in [1.807, 2.05) is 6.07 Å². The number of nitrogens with zero attached hydrogens (tertiary/aromatic N) is 1. The molecule has 2 aromatic heterocycles. The minimum atomic E-state index is -0.282. The number of carbonyl (C=O) groups is 2. The largest absolute Gasteiger partial charge is 0.459 e. The summed E-state index contributed by atoms with van der Waals surface area (Å²) >= 11 is 1.72. The number of nitrogens with one attached hydrogen (secondary N) is 2. The molecule has 0 saturated carbocycles. The van der Waals surface area contributed by atoms with Crippen LogP contribution in [-0.2, 0) is 0 Å². The number of urea groups is 1. The molecule has 0 unspecified atom stereocenters. The van der Waals surface area contributed by atoms with E-state index in [0.29, 0.717) is 26.2 Å². The molecule has 0 spiro atoms. The van der Waals surface area contributed by atoms with E-state index in [9.17, 15) is 9.59 Å². The molecule has 7 heteroatoms. The van der Waals surface area contributed by atoms with E-state index >= 15 is 0 Å². The van der Waals surface area contributed by atoms with Crippen LogP contribution in [0.4, 0.5) is 4.79 Å². The van der Waals surface area contributed by atoms with Gasteiger partial charge in [0.1, 0.15) is 0 Å². The summed E-state index contributed by atoms with van der Waals surface area (Å²) < 4.78 is 5.00. The van der Waals surface area contributed by atoms with E-state index < -0.39 is 0 Å². The first-order valence-electron chi connectivity index (χ1n) is 7.81. The third-order valence-corrected chi connectivity index (χ3v) is 4.71. The molecule has 6 nitrogen and oxygen atoms in total. The van der Waals surface area contributed by atoms with E-state index in [2.05, 4.69) is 28.2 Å². The van der Waals surface area contributed by atoms with Crippen LogP contribution in [0.2, 0.25) is 0 Å². The van der Waals surface area contributed by atoms with Gasteiger partial charge in [0.2, 0.25) is 0 Å². The van der Waals surface area contributed by atoms with Gasteiger partial charge >= 0.3 is 6.03 Å². The molecule has 0 saturated heterocycles. The Morgan fingerprint density at radius 1 is 1.21 bits per heavy atom. The van der Waals surface area contributed by atoms with E-state index in [1.54, 1.807) is 28.4 Å². The number of hydrogen-bond acceptors (Lipinski definition) is 4. The summed E-state index contributed by atoms with van der Waals surface area (Å²) in [6.45, 7) is 2.05. The summed E-state index contributed by atoms with van der Waals surface area (Å²) in [5.41, 5.74) is 1.31. The molecule has 2 aromatic rings. The van der Waals surface area contributed by atoms with Crippen LogP contribution in [0.15, 0.2) is 46.4 Å². The van der Waals surface area contributed by atoms with Crippen molar-refractivity contribution in [3.8, 4) is 0 Å². The fourth-order valence-electron chi connectivity index (χ4n) is 2.49. The maximum absolute atomic E-state index is 12.1. The summed E-state index contributed by atoms with van der Waals surface area (Å²) in [7, 11) is 0. The van der Waals surface area contributed by atoms with Crippen molar-refractivity contribution in [2.75, 3.05) is 26.2 Å². The lowest BCUT2D eigenvalue weighted by Crippen LogP contribution is -2.44. The molecule has 24 heavy (non-hydrogen) atoms. The quantitative estimate of drug-likeness (QED) is 0.818. The Kier molecular flexibility index (Phi) is 5.32. The van der Waals surface area contributed by atoms with Crippen molar-refractivity contribution in [3.05, 3.63) is 52.6 Å². The lowest BCUT2D eigenvalue weighted by atomic mass is 10.1. The van der Waals surface area contributed by atoms with Crippen LogP contribution in [0, 0.1) is 0 Å². The maximum Gasteiger partial charge on any atom is 0.317 e. The highest BCUT2D eigenvalue weighted by Gasteiger charge is 2.18. The van der Waals surface area contributed by atoms with E-state index in [1.165, 1.54) is 16.7 Å². The van der Waals surface area contributed by atoms with Gasteiger partial charge in [0, 0.05) is 31.1 Å². The van der Waals surface area contributed by atoms with Crippen LogP contribution in [-0.4, -0.2) is 43.0 Å². The zero-order chi connectivity index (χ0) is 16.8. The second-order valence-electron chi connectivity index (χ2n) is 5.37. The Hall–Kier alpha value is -2.54. The average molecular weight is 345 g/mol. The van der Waals surface area contributed by atoms with Crippen LogP contribution in [0.3, 0.4) is 0 Å². The van der Waals surface area contributed by atoms with Crippen LogP contribution >= 0.6 is 11.3 Å². The molecule has 0 atom stereocenters. The summed E-state index contributed by atoms with van der Waals surface area (Å²) in [6.07, 6.45) is 4.42. The second kappa shape index (κ2) is 7.83. The molecule has 3 amide bonds. The molecule has 0 radical (unpaired) electrons. The Bertz CT molecular complexity index is 708. The predicted octanol–water partition coefficient (Wildman–Crippen LogP) is 2.57.